The predicted octanol–water partition coefficient (Wildman–Crippen LogP) is 5.00. The highest BCUT2D eigenvalue weighted by Crippen LogP contribution is 2.40. The quantitative estimate of drug-likeness (QED) is 0.653. The minimum atomic E-state index is -4.81. The van der Waals surface area contributed by atoms with Crippen molar-refractivity contribution in [3.63, 3.8) is 0 Å². The smallest absolute Gasteiger partial charge is 0.430 e. The van der Waals surface area contributed by atoms with Crippen molar-refractivity contribution in [2.75, 3.05) is 6.61 Å². The maximum atomic E-state index is 13.2. The largest absolute Gasteiger partial charge is 0.493 e. The van der Waals surface area contributed by atoms with Gasteiger partial charge in [-0.2, -0.15) is 13.2 Å². The Morgan fingerprint density at radius 1 is 1.23 bits per heavy atom. The van der Waals surface area contributed by atoms with Gasteiger partial charge in [0, 0.05) is 11.6 Å². The lowest BCUT2D eigenvalue weighted by Crippen LogP contribution is -2.40. The summed E-state index contributed by atoms with van der Waals surface area (Å²) in [6.45, 7) is 4.48. The fourth-order valence-electron chi connectivity index (χ4n) is 2.81. The van der Waals surface area contributed by atoms with Crippen LogP contribution in [0.5, 0.6) is 11.5 Å². The topological polar surface area (TPSA) is 55.8 Å². The highest BCUT2D eigenvalue weighted by atomic mass is 19.4. The standard InChI is InChI=1S/C19H23F3O4/c1-3-5-6-7-8-25-15-11-16-13(9-12(15)4-2)10-14(18(23)24)17(26-16)19(20,21)22/h9-11,17H,3-8H2,1-2H3,(H,23,24). The van der Waals surface area contributed by atoms with E-state index >= 15 is 0 Å². The Kier molecular flexibility index (Phi) is 6.56. The summed E-state index contributed by atoms with van der Waals surface area (Å²) in [6.07, 6.45) is -1.56. The van der Waals surface area contributed by atoms with E-state index in [1.165, 1.54) is 6.07 Å². The van der Waals surface area contributed by atoms with E-state index in [0.29, 0.717) is 24.3 Å². The molecule has 1 aliphatic rings. The Hall–Kier alpha value is -2.18. The number of fused-ring (bicyclic) bond motifs is 1. The van der Waals surface area contributed by atoms with Gasteiger partial charge in [0.15, 0.2) is 0 Å². The molecule has 0 aliphatic carbocycles. The summed E-state index contributed by atoms with van der Waals surface area (Å²) in [4.78, 5) is 11.2. The number of aryl methyl sites for hydroxylation is 1. The van der Waals surface area contributed by atoms with E-state index in [0.717, 1.165) is 37.3 Å². The number of rotatable bonds is 8. The van der Waals surface area contributed by atoms with Gasteiger partial charge in [0.2, 0.25) is 6.10 Å². The van der Waals surface area contributed by atoms with Gasteiger partial charge in [0.25, 0.3) is 0 Å². The first kappa shape index (κ1) is 20.1. The first-order valence-electron chi connectivity index (χ1n) is 8.75. The van der Waals surface area contributed by atoms with Crippen LogP contribution in [0, 0.1) is 0 Å². The van der Waals surface area contributed by atoms with E-state index in [2.05, 4.69) is 6.92 Å². The zero-order chi connectivity index (χ0) is 19.3. The Labute approximate surface area is 150 Å². The Morgan fingerprint density at radius 2 is 1.96 bits per heavy atom. The zero-order valence-electron chi connectivity index (χ0n) is 14.9. The Morgan fingerprint density at radius 3 is 2.54 bits per heavy atom. The molecule has 2 rings (SSSR count). The molecule has 0 fully saturated rings. The summed E-state index contributed by atoms with van der Waals surface area (Å²) >= 11 is 0. The maximum Gasteiger partial charge on any atom is 0.430 e. The summed E-state index contributed by atoms with van der Waals surface area (Å²) in [5.41, 5.74) is 0.299. The fraction of sp³-hybridized carbons (Fsp3) is 0.526. The second-order valence-electron chi connectivity index (χ2n) is 6.20. The van der Waals surface area contributed by atoms with Crippen LogP contribution in [0.3, 0.4) is 0 Å². The molecule has 0 saturated carbocycles. The van der Waals surface area contributed by atoms with Crippen LogP contribution in [0.15, 0.2) is 17.7 Å². The third-order valence-corrected chi connectivity index (χ3v) is 4.21. The van der Waals surface area contributed by atoms with Crippen molar-refractivity contribution >= 4 is 12.0 Å². The summed E-state index contributed by atoms with van der Waals surface area (Å²) in [5, 5.41) is 9.09. The zero-order valence-corrected chi connectivity index (χ0v) is 14.9. The first-order chi connectivity index (χ1) is 12.3. The van der Waals surface area contributed by atoms with Gasteiger partial charge in [-0.05, 0) is 30.5 Å². The highest BCUT2D eigenvalue weighted by Gasteiger charge is 2.48. The molecule has 1 heterocycles. The number of hydrogen-bond donors (Lipinski definition) is 1. The number of unbranched alkanes of at least 4 members (excludes halogenated alkanes) is 3. The van der Waals surface area contributed by atoms with Crippen molar-refractivity contribution in [3.05, 3.63) is 28.8 Å². The molecular formula is C19H23F3O4. The number of benzene rings is 1. The van der Waals surface area contributed by atoms with Gasteiger partial charge in [-0.25, -0.2) is 4.79 Å². The summed E-state index contributed by atoms with van der Waals surface area (Å²) in [6, 6.07) is 3.06. The van der Waals surface area contributed by atoms with Crippen molar-refractivity contribution in [2.24, 2.45) is 0 Å². The Balaban J connectivity index is 2.29. The molecule has 26 heavy (non-hydrogen) atoms. The van der Waals surface area contributed by atoms with Crippen molar-refractivity contribution in [3.8, 4) is 11.5 Å². The number of aliphatic carboxylic acids is 1. The molecule has 1 aliphatic heterocycles. The molecule has 1 N–H and O–H groups in total. The number of carboxylic acids is 1. The maximum absolute atomic E-state index is 13.2. The SMILES string of the molecule is CCCCCCOc1cc2c(cc1CC)C=C(C(=O)O)C(C(F)(F)F)O2. The van der Waals surface area contributed by atoms with Gasteiger partial charge < -0.3 is 14.6 Å². The lowest BCUT2D eigenvalue weighted by atomic mass is 9.98. The molecule has 0 radical (unpaired) electrons. The first-order valence-corrected chi connectivity index (χ1v) is 8.75. The summed E-state index contributed by atoms with van der Waals surface area (Å²) < 4.78 is 50.2. The minimum absolute atomic E-state index is 0.0157. The van der Waals surface area contributed by atoms with Crippen LogP contribution >= 0.6 is 0 Å². The van der Waals surface area contributed by atoms with Crippen LogP contribution in [-0.4, -0.2) is 30.0 Å². The van der Waals surface area contributed by atoms with E-state index in [9.17, 15) is 18.0 Å². The lowest BCUT2D eigenvalue weighted by Gasteiger charge is -2.28. The molecule has 1 aromatic carbocycles. The molecule has 0 aromatic heterocycles. The normalized spacial score (nSPS) is 16.5. The molecule has 7 heteroatoms. The number of carboxylic acid groups (broad SMARTS) is 1. The van der Waals surface area contributed by atoms with E-state index in [-0.39, 0.29) is 5.75 Å². The van der Waals surface area contributed by atoms with Gasteiger partial charge in [-0.1, -0.05) is 33.1 Å². The number of halogens is 3. The number of alkyl halides is 3. The van der Waals surface area contributed by atoms with E-state index < -0.39 is 23.8 Å². The van der Waals surface area contributed by atoms with E-state index in [1.807, 2.05) is 6.92 Å². The fourth-order valence-corrected chi connectivity index (χ4v) is 2.81. The number of carbonyl (C=O) groups is 1. The molecule has 4 nitrogen and oxygen atoms in total. The average molecular weight is 372 g/mol. The van der Waals surface area contributed by atoms with Crippen molar-refractivity contribution in [2.45, 2.75) is 58.2 Å². The van der Waals surface area contributed by atoms with Crippen molar-refractivity contribution in [1.29, 1.82) is 0 Å². The molecule has 144 valence electrons. The van der Waals surface area contributed by atoms with Gasteiger partial charge >= 0.3 is 12.1 Å². The van der Waals surface area contributed by atoms with E-state index in [1.54, 1.807) is 6.07 Å². The number of hydrogen-bond acceptors (Lipinski definition) is 3. The summed E-state index contributed by atoms with van der Waals surface area (Å²) in [5.74, 6) is -1.18. The Bertz CT molecular complexity index is 680. The minimum Gasteiger partial charge on any atom is -0.493 e. The predicted molar refractivity (Wildman–Crippen MR) is 91.5 cm³/mol. The number of ether oxygens (including phenoxy) is 2. The average Bonchev–Trinajstić information content (AvgIpc) is 2.58. The van der Waals surface area contributed by atoms with Crippen LogP contribution in [0.25, 0.3) is 6.08 Å². The molecular weight excluding hydrogens is 349 g/mol. The van der Waals surface area contributed by atoms with E-state index in [4.69, 9.17) is 14.6 Å². The molecule has 0 amide bonds. The monoisotopic (exact) mass is 372 g/mol. The molecule has 1 aromatic rings. The van der Waals surface area contributed by atoms with Gasteiger partial charge in [0.05, 0.1) is 12.2 Å². The van der Waals surface area contributed by atoms with Crippen LogP contribution in [0.1, 0.15) is 50.7 Å². The lowest BCUT2D eigenvalue weighted by molar-refractivity contribution is -0.187. The molecule has 1 atom stereocenters. The van der Waals surface area contributed by atoms with Crippen LogP contribution in [0.4, 0.5) is 13.2 Å². The van der Waals surface area contributed by atoms with Gasteiger partial charge in [-0.15, -0.1) is 0 Å². The van der Waals surface area contributed by atoms with Crippen LogP contribution in [0.2, 0.25) is 0 Å². The third-order valence-electron chi connectivity index (χ3n) is 4.21. The van der Waals surface area contributed by atoms with Gasteiger partial charge in [-0.3, -0.25) is 0 Å². The van der Waals surface area contributed by atoms with Gasteiger partial charge in [0.1, 0.15) is 11.5 Å². The summed E-state index contributed by atoms with van der Waals surface area (Å²) in [7, 11) is 0. The van der Waals surface area contributed by atoms with Crippen molar-refractivity contribution < 1.29 is 32.5 Å². The van der Waals surface area contributed by atoms with Crippen LogP contribution < -0.4 is 9.47 Å². The third kappa shape index (κ3) is 4.71. The molecule has 0 bridgehead atoms. The second-order valence-corrected chi connectivity index (χ2v) is 6.20. The molecule has 0 saturated heterocycles. The highest BCUT2D eigenvalue weighted by molar-refractivity contribution is 5.95. The van der Waals surface area contributed by atoms with Crippen LogP contribution in [-0.2, 0) is 11.2 Å². The van der Waals surface area contributed by atoms with Crippen molar-refractivity contribution in [1.82, 2.24) is 0 Å². The molecule has 1 unspecified atom stereocenters. The second kappa shape index (κ2) is 8.47. The molecule has 0 spiro atoms.